The minimum Gasteiger partial charge on any atom is -0.480 e. The number of nitrogens with one attached hydrogen (secondary N) is 3. The number of sulfonamides is 1. The number of carbonyl (C=O) groups excluding carboxylic acids is 1. The largest absolute Gasteiger partial charge is 0.480 e. The van der Waals surface area contributed by atoms with E-state index in [9.17, 15) is 18.0 Å². The van der Waals surface area contributed by atoms with E-state index in [-0.39, 0.29) is 40.1 Å². The average Bonchev–Trinajstić information content (AvgIpc) is 3.70. The first kappa shape index (κ1) is 32.1. The molecule has 0 aliphatic carbocycles. The van der Waals surface area contributed by atoms with Crippen molar-refractivity contribution in [1.82, 2.24) is 25.1 Å². The van der Waals surface area contributed by atoms with Crippen LogP contribution in [0.2, 0.25) is 0 Å². The molecule has 1 fully saturated rings. The van der Waals surface area contributed by atoms with E-state index in [1.54, 1.807) is 29.8 Å². The van der Waals surface area contributed by atoms with Crippen LogP contribution < -0.4 is 14.8 Å². The molecule has 0 radical (unpaired) electrons. The van der Waals surface area contributed by atoms with Gasteiger partial charge in [0.05, 0.1) is 53.7 Å². The van der Waals surface area contributed by atoms with E-state index in [0.29, 0.717) is 40.0 Å². The predicted molar refractivity (Wildman–Crippen MR) is 175 cm³/mol. The van der Waals surface area contributed by atoms with Crippen molar-refractivity contribution in [1.29, 1.82) is 0 Å². The third kappa shape index (κ3) is 7.10. The van der Waals surface area contributed by atoms with Crippen LogP contribution in [0.3, 0.4) is 0 Å². The Kier molecular flexibility index (Phi) is 8.92. The highest BCUT2D eigenvalue weighted by Crippen LogP contribution is 2.34. The van der Waals surface area contributed by atoms with Crippen molar-refractivity contribution in [3.05, 3.63) is 76.5 Å². The number of hydrogen-bond acceptors (Lipinski definition) is 11. The first-order valence-corrected chi connectivity index (χ1v) is 16.9. The number of pyridine rings is 1. The maximum atomic E-state index is 13.4. The number of H-pyrrole nitrogens is 1. The van der Waals surface area contributed by atoms with Gasteiger partial charge in [-0.3, -0.25) is 19.5 Å². The number of aromatic amines is 1. The van der Waals surface area contributed by atoms with Gasteiger partial charge in [0.2, 0.25) is 5.88 Å². The zero-order valence-electron chi connectivity index (χ0n) is 25.6. The van der Waals surface area contributed by atoms with Gasteiger partial charge in [0, 0.05) is 35.6 Å². The number of benzene rings is 2. The summed E-state index contributed by atoms with van der Waals surface area (Å²) in [5.74, 6) is -1.53. The average molecular weight is 678 g/mol. The lowest BCUT2D eigenvalue weighted by molar-refractivity contribution is -0.0705. The van der Waals surface area contributed by atoms with E-state index in [1.807, 2.05) is 13.8 Å². The van der Waals surface area contributed by atoms with Crippen molar-refractivity contribution in [3.63, 3.8) is 0 Å². The van der Waals surface area contributed by atoms with Crippen LogP contribution in [0.5, 0.6) is 5.88 Å². The summed E-state index contributed by atoms with van der Waals surface area (Å²) in [6, 6.07) is 9.90. The Hall–Kier alpha value is -4.90. The number of fused-ring (bicyclic) bond motifs is 1. The fourth-order valence-corrected chi connectivity index (χ4v) is 7.29. The fraction of sp³-hybridized carbons (Fsp3) is 0.258. The lowest BCUT2D eigenvalue weighted by Crippen LogP contribution is -2.44. The molecule has 6 rings (SSSR count). The number of aromatic nitrogens is 4. The molecular formula is C31H31N7O7S2. The van der Waals surface area contributed by atoms with E-state index in [4.69, 9.17) is 14.6 Å². The second-order valence-corrected chi connectivity index (χ2v) is 13.7. The van der Waals surface area contributed by atoms with Crippen LogP contribution in [0.4, 0.5) is 11.4 Å². The third-order valence-electron chi connectivity index (χ3n) is 7.48. The zero-order chi connectivity index (χ0) is 33.3. The summed E-state index contributed by atoms with van der Waals surface area (Å²) in [6.07, 6.45) is 3.37. The van der Waals surface area contributed by atoms with Crippen LogP contribution in [0.15, 0.2) is 65.1 Å². The Labute approximate surface area is 273 Å². The minimum atomic E-state index is -4.13. The van der Waals surface area contributed by atoms with Crippen LogP contribution >= 0.6 is 11.3 Å². The van der Waals surface area contributed by atoms with Crippen LogP contribution in [0.25, 0.3) is 22.0 Å². The zero-order valence-corrected chi connectivity index (χ0v) is 27.2. The van der Waals surface area contributed by atoms with Crippen molar-refractivity contribution in [2.75, 3.05) is 30.2 Å². The molecule has 47 heavy (non-hydrogen) atoms. The fourth-order valence-electron chi connectivity index (χ4n) is 5.43. The van der Waals surface area contributed by atoms with Gasteiger partial charge >= 0.3 is 5.97 Å². The summed E-state index contributed by atoms with van der Waals surface area (Å²) in [4.78, 5) is 35.5. The van der Waals surface area contributed by atoms with Crippen molar-refractivity contribution < 1.29 is 32.6 Å². The number of amides is 1. The number of anilines is 2. The maximum Gasteiger partial charge on any atom is 0.335 e. The van der Waals surface area contributed by atoms with Gasteiger partial charge in [0.15, 0.2) is 0 Å². The molecule has 0 bridgehead atoms. The molecule has 14 nitrogen and oxygen atoms in total. The number of ether oxygens (including phenoxy) is 2. The molecule has 0 spiro atoms. The predicted octanol–water partition coefficient (Wildman–Crippen LogP) is 4.45. The first-order chi connectivity index (χ1) is 22.5. The number of nitrogens with zero attached hydrogens (tertiary/aromatic N) is 4. The van der Waals surface area contributed by atoms with Gasteiger partial charge in [-0.25, -0.2) is 23.2 Å². The Morgan fingerprint density at radius 2 is 1.81 bits per heavy atom. The Bertz CT molecular complexity index is 2050. The van der Waals surface area contributed by atoms with Gasteiger partial charge in [-0.2, -0.15) is 5.10 Å². The Balaban J connectivity index is 1.25. The highest BCUT2D eigenvalue weighted by Gasteiger charge is 2.24. The number of rotatable bonds is 10. The summed E-state index contributed by atoms with van der Waals surface area (Å²) in [7, 11) is -2.77. The van der Waals surface area contributed by atoms with Crippen molar-refractivity contribution >= 4 is 55.5 Å². The molecule has 3 aromatic heterocycles. The third-order valence-corrected chi connectivity index (χ3v) is 9.69. The molecule has 4 N–H and O–H groups in total. The summed E-state index contributed by atoms with van der Waals surface area (Å²) < 4.78 is 40.0. The summed E-state index contributed by atoms with van der Waals surface area (Å²) in [5.41, 5.74) is 2.52. The number of hydrogen-bond donors (Lipinski definition) is 4. The van der Waals surface area contributed by atoms with Gasteiger partial charge in [0.1, 0.15) is 16.4 Å². The lowest BCUT2D eigenvalue weighted by Gasteiger charge is -2.34. The maximum absolute atomic E-state index is 13.4. The van der Waals surface area contributed by atoms with E-state index < -0.39 is 16.0 Å². The Morgan fingerprint density at radius 3 is 2.51 bits per heavy atom. The number of carboxylic acid groups (broad SMARTS) is 1. The smallest absolute Gasteiger partial charge is 0.335 e. The van der Waals surface area contributed by atoms with Gasteiger partial charge < -0.3 is 19.9 Å². The summed E-state index contributed by atoms with van der Waals surface area (Å²) >= 11 is 1.42. The summed E-state index contributed by atoms with van der Waals surface area (Å²) in [5, 5.41) is 22.4. The van der Waals surface area contributed by atoms with Crippen LogP contribution in [-0.2, 0) is 21.3 Å². The molecule has 4 heterocycles. The number of aromatic carboxylic acids is 1. The molecule has 2 atom stereocenters. The van der Waals surface area contributed by atoms with Gasteiger partial charge in [-0.05, 0) is 61.9 Å². The standard InChI is InChI=1S/C31H31N7O7S2/c1-17-13-38(14-18(2)45-17)15-28-34-27(16-46-28)29(39)35-24-8-20(9-25-23(24)12-33-36-25)21-10-26(30(44-3)32-11-21)37-47(42,43)22-6-4-19(5-7-22)31(40)41/h4-12,16-18,37H,13-15H2,1-3H3,(H,33,36)(H,35,39)(H,40,41)/t17-,18?/m0/s1. The van der Waals surface area contributed by atoms with E-state index >= 15 is 0 Å². The Morgan fingerprint density at radius 1 is 1.09 bits per heavy atom. The number of methoxy groups -OCH3 is 1. The van der Waals surface area contributed by atoms with Crippen LogP contribution in [0, 0.1) is 0 Å². The molecule has 1 aliphatic heterocycles. The van der Waals surface area contributed by atoms with Crippen molar-refractivity contribution in [2.45, 2.75) is 37.5 Å². The molecule has 244 valence electrons. The number of carboxylic acids is 1. The van der Waals surface area contributed by atoms with E-state index in [2.05, 4.69) is 35.1 Å². The van der Waals surface area contributed by atoms with Gasteiger partial charge in [0.25, 0.3) is 15.9 Å². The minimum absolute atomic E-state index is 0.0240. The second kappa shape index (κ2) is 13.1. The second-order valence-electron chi connectivity index (χ2n) is 11.1. The number of carbonyl (C=O) groups is 2. The van der Waals surface area contributed by atoms with Crippen molar-refractivity contribution in [2.24, 2.45) is 0 Å². The highest BCUT2D eigenvalue weighted by atomic mass is 32.2. The molecule has 1 aliphatic rings. The van der Waals surface area contributed by atoms with Crippen LogP contribution in [0.1, 0.15) is 39.7 Å². The van der Waals surface area contributed by atoms with Crippen molar-refractivity contribution in [3.8, 4) is 17.0 Å². The molecule has 1 saturated heterocycles. The molecular weight excluding hydrogens is 647 g/mol. The normalized spacial score (nSPS) is 17.0. The number of thiazole rings is 1. The highest BCUT2D eigenvalue weighted by molar-refractivity contribution is 7.92. The molecule has 5 aromatic rings. The van der Waals surface area contributed by atoms with Gasteiger partial charge in [-0.1, -0.05) is 0 Å². The SMILES string of the molecule is COc1ncc(-c2cc(NC(=O)c3csc(CN4CC(C)O[C@@H](C)C4)n3)c3cn[nH]c3c2)cc1NS(=O)(=O)c1ccc(C(=O)O)cc1. The van der Waals surface area contributed by atoms with E-state index in [0.717, 1.165) is 18.1 Å². The molecule has 2 aromatic carbocycles. The quantitative estimate of drug-likeness (QED) is 0.163. The number of morpholine rings is 1. The monoisotopic (exact) mass is 677 g/mol. The molecule has 1 unspecified atom stereocenters. The van der Waals surface area contributed by atoms with Crippen LogP contribution in [-0.4, -0.2) is 82.9 Å². The molecule has 0 saturated carbocycles. The molecule has 1 amide bonds. The topological polar surface area (TPSA) is 189 Å². The summed E-state index contributed by atoms with van der Waals surface area (Å²) in [6.45, 7) is 6.29. The first-order valence-electron chi connectivity index (χ1n) is 14.5. The molecule has 16 heteroatoms. The van der Waals surface area contributed by atoms with Gasteiger partial charge in [-0.15, -0.1) is 11.3 Å². The lowest BCUT2D eigenvalue weighted by atomic mass is 10.0. The van der Waals surface area contributed by atoms with E-state index in [1.165, 1.54) is 48.9 Å².